The monoisotopic (exact) mass is 1700 g/mol. The predicted octanol–water partition coefficient (Wildman–Crippen LogP) is 29.3. The van der Waals surface area contributed by atoms with E-state index in [1.807, 2.05) is 30.3 Å². The van der Waals surface area contributed by atoms with Crippen molar-refractivity contribution in [1.29, 1.82) is 0 Å². The van der Waals surface area contributed by atoms with E-state index in [0.29, 0.717) is 11.3 Å². The van der Waals surface area contributed by atoms with E-state index >= 15 is 0 Å². The molecule has 0 N–H and O–H groups in total. The van der Waals surface area contributed by atoms with Gasteiger partial charge in [0.1, 0.15) is 0 Å². The maximum absolute atomic E-state index is 10.6. The van der Waals surface area contributed by atoms with Crippen LogP contribution in [0.3, 0.4) is 0 Å². The van der Waals surface area contributed by atoms with Gasteiger partial charge in [-0.25, -0.2) is 0 Å². The average Bonchev–Trinajstić information content (AvgIpc) is 1.26. The molecule has 0 spiro atoms. The first-order valence-corrected chi connectivity index (χ1v) is 48.1. The third kappa shape index (κ3) is 15.4. The van der Waals surface area contributed by atoms with Crippen molar-refractivity contribution in [1.82, 2.24) is 4.57 Å². The smallest absolute Gasteiger partial charge is 0.252 e. The van der Waals surface area contributed by atoms with Crippen molar-refractivity contribution in [2.45, 2.75) is 183 Å². The number of para-hydroxylation sites is 1. The molecule has 2 aliphatic heterocycles. The molecule has 3 nitrogen and oxygen atoms in total. The average molecular weight is 1700 g/mol. The summed E-state index contributed by atoms with van der Waals surface area (Å²) in [5, 5.41) is 5.41. The van der Waals surface area contributed by atoms with Crippen LogP contribution in [0.25, 0.3) is 94.3 Å². The van der Waals surface area contributed by atoms with Crippen LogP contribution in [0.15, 0.2) is 358 Å². The lowest BCUT2D eigenvalue weighted by molar-refractivity contribution is 0.589. The molecule has 16 aromatic carbocycles. The number of fused-ring (bicyclic) bond motifs is 7. The van der Waals surface area contributed by atoms with Crippen LogP contribution in [0.4, 0.5) is 34.1 Å². The molecule has 0 saturated heterocycles. The molecule has 0 atom stereocenters. The van der Waals surface area contributed by atoms with Gasteiger partial charge >= 0.3 is 0 Å². The first-order chi connectivity index (χ1) is 64.3. The molecule has 129 heavy (non-hydrogen) atoms. The minimum absolute atomic E-state index is 0.100. The number of benzene rings is 16. The zero-order chi connectivity index (χ0) is 96.5. The van der Waals surface area contributed by atoms with E-state index in [0.717, 1.165) is 117 Å². The number of anilines is 6. The highest BCUT2D eigenvalue weighted by Gasteiger charge is 2.48. The van der Waals surface area contributed by atoms with Gasteiger partial charge in [0.25, 0.3) is 6.71 Å². The molecule has 3 heterocycles. The second-order valence-electron chi connectivity index (χ2n) is 43.3. The Labute approximate surface area is 779 Å². The maximum Gasteiger partial charge on any atom is 0.252 e. The fraction of sp³-hybridized carbons (Fsp3) is 0.226. The zero-order valence-electron chi connectivity index (χ0n) is 85.9. The quantitative estimate of drug-likeness (QED) is 0.0842. The Morgan fingerprint density at radius 2 is 0.605 bits per heavy atom. The van der Waals surface area contributed by atoms with Crippen LogP contribution in [-0.4, -0.2) is 19.4 Å². The summed E-state index contributed by atoms with van der Waals surface area (Å²) in [6.07, 6.45) is 0. The molecule has 0 radical (unpaired) electrons. The summed E-state index contributed by atoms with van der Waals surface area (Å²) in [7, 11) is -3.01. The van der Waals surface area contributed by atoms with E-state index in [1.54, 1.807) is 4.57 Å². The van der Waals surface area contributed by atoms with Crippen LogP contribution >= 0.6 is 0 Å². The maximum atomic E-state index is 10.6. The molecule has 19 rings (SSSR count). The fourth-order valence-corrected chi connectivity index (χ4v) is 24.6. The summed E-state index contributed by atoms with van der Waals surface area (Å²) in [5.41, 5.74) is 26.9. The third-order valence-corrected chi connectivity index (χ3v) is 32.0. The number of nitrogens with zero attached hydrogens (tertiary/aromatic N) is 3. The molecular weight excluding hydrogens is 1570 g/mol. The van der Waals surface area contributed by atoms with Crippen molar-refractivity contribution in [3.05, 3.63) is 397 Å². The van der Waals surface area contributed by atoms with Crippen LogP contribution in [0.5, 0.6) is 0 Å². The van der Waals surface area contributed by atoms with Gasteiger partial charge in [0.15, 0.2) is 8.07 Å². The van der Waals surface area contributed by atoms with Crippen molar-refractivity contribution in [2.24, 2.45) is 0 Å². The summed E-state index contributed by atoms with van der Waals surface area (Å²) in [4.78, 5) is 5.26. The van der Waals surface area contributed by atoms with E-state index in [-0.39, 0.29) is 90.1 Å². The lowest BCUT2D eigenvalue weighted by Crippen LogP contribution is -2.74. The normalized spacial score (nSPS) is 14.0. The predicted molar refractivity (Wildman–Crippen MR) is 562 cm³/mol. The van der Waals surface area contributed by atoms with Crippen molar-refractivity contribution >= 4 is 108 Å². The van der Waals surface area contributed by atoms with Crippen LogP contribution in [0, 0.1) is 0 Å². The van der Waals surface area contributed by atoms with Crippen LogP contribution in [0.1, 0.15) is 194 Å². The van der Waals surface area contributed by atoms with Gasteiger partial charge in [-0.2, -0.15) is 0 Å². The van der Waals surface area contributed by atoms with E-state index < -0.39 is 32.3 Å². The highest BCUT2D eigenvalue weighted by Crippen LogP contribution is 2.57. The van der Waals surface area contributed by atoms with E-state index in [2.05, 4.69) is 440 Å². The fourth-order valence-electron chi connectivity index (χ4n) is 19.8. The number of hydrogen-bond acceptors (Lipinski definition) is 2. The molecular formula is C124H122BN3Si. The summed E-state index contributed by atoms with van der Waals surface area (Å²) in [5.74, 6) is 0. The van der Waals surface area contributed by atoms with Gasteiger partial charge in [0.05, 0.1) is 32.0 Å². The Morgan fingerprint density at radius 3 is 1.02 bits per heavy atom. The molecule has 17 aromatic rings. The standard InChI is InChI=1S/C124H122BN3Si/c1-118(2,3)89-46-36-42-85(68-89)102-74-93(122(13,14)15)75-103(86-43-37-47-90(69-86)119(4,5)6)116(102)127-111-67-61-84(82-58-63-100(64-59-82)129(97-50-28-23-29-51-97,98-52-30-24-31-53-98)99-54-32-25-33-55-99)73-108(111)125-107-65-62-96(126-109-57-35-34-56-101(109)106-72-83(60-66-110(106)126)81-40-26-22-27-41-81)80-112(107)128(114-79-95(124(19,20)21)78-113(127)115(114)125)117-104(87-44-38-48-91(70-87)120(7,8)9)76-94(123(16,17)18)77-105(117)88-45-39-49-92(71-88)121(10,11)12/h22-80H,1-21H3/i34D,35D,56D,57D,60D,66D,72D. The zero-order valence-corrected chi connectivity index (χ0v) is 79.9. The largest absolute Gasteiger partial charge is 0.310 e. The topological polar surface area (TPSA) is 11.4 Å². The molecule has 0 fully saturated rings. The van der Waals surface area contributed by atoms with E-state index in [9.17, 15) is 9.60 Å². The Bertz CT molecular complexity index is 7390. The van der Waals surface area contributed by atoms with Crippen molar-refractivity contribution < 1.29 is 9.60 Å². The highest BCUT2D eigenvalue weighted by atomic mass is 28.3. The Morgan fingerprint density at radius 1 is 0.248 bits per heavy atom. The first kappa shape index (κ1) is 77.3. The lowest BCUT2D eigenvalue weighted by Gasteiger charge is -2.47. The molecule has 0 unspecified atom stereocenters. The molecule has 0 bridgehead atoms. The van der Waals surface area contributed by atoms with Crippen LogP contribution < -0.4 is 46.9 Å². The molecule has 640 valence electrons. The number of aromatic nitrogens is 1. The molecule has 5 heteroatoms. The SMILES string of the molecule is [2H]c1c([2H])c([2H])c2c(c1[2H])c1c([2H])c(-c3ccccc3)c([2H])c([2H])c1n2-c1ccc2c(c1)N(c1c(-c3cccc(C(C)(C)C)c3)cc(C(C)(C)C)cc1-c1cccc(C(C)(C)C)c1)c1cc(C(C)(C)C)cc3c1B2c1cc(-c2ccc([Si](c4ccccc4)(c4ccccc4)c4ccccc4)cc2)ccc1N3c1c(-c2cccc(C(C)(C)C)c2)cc(C(C)(C)C)cc1-c1cccc(C(C)(C)C)c1. The second-order valence-corrected chi connectivity index (χ2v) is 47.1. The van der Waals surface area contributed by atoms with Gasteiger partial charge in [-0.05, 0) is 231 Å². The molecule has 2 aliphatic rings. The van der Waals surface area contributed by atoms with Gasteiger partial charge in [0.2, 0.25) is 0 Å². The van der Waals surface area contributed by atoms with Gasteiger partial charge in [-0.1, -0.05) is 430 Å². The van der Waals surface area contributed by atoms with Crippen molar-refractivity contribution in [2.75, 3.05) is 9.80 Å². The minimum atomic E-state index is -3.01. The molecule has 0 amide bonds. The first-order valence-electron chi connectivity index (χ1n) is 49.6. The van der Waals surface area contributed by atoms with Gasteiger partial charge in [0, 0.05) is 61.5 Å². The van der Waals surface area contributed by atoms with E-state index in [4.69, 9.17) is 0 Å². The minimum Gasteiger partial charge on any atom is -0.310 e. The van der Waals surface area contributed by atoms with Gasteiger partial charge < -0.3 is 14.4 Å². The van der Waals surface area contributed by atoms with Gasteiger partial charge in [-0.15, -0.1) is 0 Å². The second kappa shape index (κ2) is 31.8. The molecule has 0 saturated carbocycles. The van der Waals surface area contributed by atoms with Crippen LogP contribution in [0.2, 0.25) is 0 Å². The molecule has 1 aromatic heterocycles. The van der Waals surface area contributed by atoms with Crippen molar-refractivity contribution in [3.8, 4) is 72.4 Å². The molecule has 0 aliphatic carbocycles. The van der Waals surface area contributed by atoms with E-state index in [1.165, 1.54) is 48.6 Å². The summed E-state index contributed by atoms with van der Waals surface area (Å²) < 4.78 is 72.6. The Hall–Kier alpha value is -12.8. The number of hydrogen-bond donors (Lipinski definition) is 0. The summed E-state index contributed by atoms with van der Waals surface area (Å²) in [6.45, 7) is 48.1. The summed E-state index contributed by atoms with van der Waals surface area (Å²) >= 11 is 0. The third-order valence-electron chi connectivity index (χ3n) is 27.2. The lowest BCUT2D eigenvalue weighted by atomic mass is 9.33. The Kier molecular flexibility index (Phi) is 19.1. The van der Waals surface area contributed by atoms with Crippen molar-refractivity contribution in [3.63, 3.8) is 0 Å². The highest BCUT2D eigenvalue weighted by molar-refractivity contribution is 7.20. The number of rotatable bonds is 13. The van der Waals surface area contributed by atoms with Crippen LogP contribution in [-0.2, 0) is 37.9 Å². The Balaban J connectivity index is 1.02. The summed E-state index contributed by atoms with van der Waals surface area (Å²) in [6, 6.07) is 116. The van der Waals surface area contributed by atoms with Gasteiger partial charge in [-0.3, -0.25) is 0 Å².